The minimum atomic E-state index is -0.0951. The number of nitrogens with one attached hydrogen (secondary N) is 1. The molecule has 1 saturated heterocycles. The number of rotatable bonds is 6. The highest BCUT2D eigenvalue weighted by molar-refractivity contribution is 6.35. The number of carbonyl (C=O) groups is 1. The maximum absolute atomic E-state index is 12.3. The molecule has 0 saturated carbocycles. The molecule has 1 heterocycles. The van der Waals surface area contributed by atoms with Crippen molar-refractivity contribution in [3.05, 3.63) is 52.5 Å². The summed E-state index contributed by atoms with van der Waals surface area (Å²) in [5.41, 5.74) is 1.65. The van der Waals surface area contributed by atoms with Gasteiger partial charge in [0.25, 0.3) is 0 Å². The molecular weight excluding hydrogens is 385 g/mol. The van der Waals surface area contributed by atoms with Crippen LogP contribution in [0.15, 0.2) is 42.5 Å². The Morgan fingerprint density at radius 1 is 1.11 bits per heavy atom. The number of carbonyl (C=O) groups excluding carboxylic acids is 1. The van der Waals surface area contributed by atoms with Gasteiger partial charge in [0.2, 0.25) is 5.91 Å². The Hall–Kier alpha value is -1.95. The van der Waals surface area contributed by atoms with E-state index in [-0.39, 0.29) is 5.91 Å². The molecule has 2 aromatic carbocycles. The second-order valence-electron chi connectivity index (χ2n) is 6.34. The minimum Gasteiger partial charge on any atom is -0.492 e. The third-order valence-electron chi connectivity index (χ3n) is 4.45. The van der Waals surface area contributed by atoms with E-state index in [1.54, 1.807) is 18.2 Å². The van der Waals surface area contributed by atoms with Gasteiger partial charge in [-0.15, -0.1) is 0 Å². The number of ether oxygens (including phenoxy) is 1. The van der Waals surface area contributed by atoms with Crippen molar-refractivity contribution in [2.45, 2.75) is 6.92 Å². The highest BCUT2D eigenvalue weighted by atomic mass is 35.5. The van der Waals surface area contributed by atoms with E-state index in [1.165, 1.54) is 0 Å². The maximum Gasteiger partial charge on any atom is 0.238 e. The van der Waals surface area contributed by atoms with Crippen LogP contribution in [0.1, 0.15) is 6.92 Å². The molecule has 1 N–H and O–H groups in total. The van der Waals surface area contributed by atoms with Crippen LogP contribution in [0.4, 0.5) is 11.4 Å². The summed E-state index contributed by atoms with van der Waals surface area (Å²) in [6, 6.07) is 13.1. The summed E-state index contributed by atoms with van der Waals surface area (Å²) < 4.78 is 5.73. The molecule has 1 aliphatic rings. The van der Waals surface area contributed by atoms with Gasteiger partial charge in [-0.25, -0.2) is 0 Å². The summed E-state index contributed by atoms with van der Waals surface area (Å²) in [4.78, 5) is 16.8. The van der Waals surface area contributed by atoms with Gasteiger partial charge in [0.05, 0.1) is 29.5 Å². The van der Waals surface area contributed by atoms with E-state index in [0.717, 1.165) is 37.6 Å². The van der Waals surface area contributed by atoms with Crippen molar-refractivity contribution < 1.29 is 9.53 Å². The molecule has 1 aliphatic heterocycles. The van der Waals surface area contributed by atoms with Gasteiger partial charge in [-0.05, 0) is 37.3 Å². The lowest BCUT2D eigenvalue weighted by Gasteiger charge is -2.36. The van der Waals surface area contributed by atoms with Crippen molar-refractivity contribution in [3.8, 4) is 5.75 Å². The number of hydrogen-bond donors (Lipinski definition) is 1. The van der Waals surface area contributed by atoms with Crippen molar-refractivity contribution in [2.24, 2.45) is 0 Å². The van der Waals surface area contributed by atoms with Gasteiger partial charge in [0.15, 0.2) is 0 Å². The van der Waals surface area contributed by atoms with Crippen LogP contribution in [0.5, 0.6) is 5.75 Å². The lowest BCUT2D eigenvalue weighted by molar-refractivity contribution is -0.117. The zero-order chi connectivity index (χ0) is 19.2. The maximum atomic E-state index is 12.3. The molecule has 0 aromatic heterocycles. The Kier molecular flexibility index (Phi) is 6.83. The number of anilines is 2. The van der Waals surface area contributed by atoms with Crippen molar-refractivity contribution in [1.29, 1.82) is 0 Å². The van der Waals surface area contributed by atoms with E-state index < -0.39 is 0 Å². The molecule has 1 amide bonds. The molecule has 2 aromatic rings. The number of nitrogens with zero attached hydrogens (tertiary/aromatic N) is 2. The van der Waals surface area contributed by atoms with E-state index in [9.17, 15) is 4.79 Å². The Labute approximate surface area is 169 Å². The van der Waals surface area contributed by atoms with E-state index >= 15 is 0 Å². The molecule has 5 nitrogen and oxygen atoms in total. The van der Waals surface area contributed by atoms with Crippen LogP contribution in [-0.4, -0.2) is 50.1 Å². The van der Waals surface area contributed by atoms with Crippen LogP contribution < -0.4 is 15.0 Å². The van der Waals surface area contributed by atoms with E-state index in [4.69, 9.17) is 27.9 Å². The third-order valence-corrected chi connectivity index (χ3v) is 5.01. The largest absolute Gasteiger partial charge is 0.492 e. The topological polar surface area (TPSA) is 44.8 Å². The van der Waals surface area contributed by atoms with E-state index in [1.807, 2.05) is 25.1 Å². The van der Waals surface area contributed by atoms with Gasteiger partial charge in [0, 0.05) is 31.2 Å². The highest BCUT2D eigenvalue weighted by Gasteiger charge is 2.21. The number of piperazine rings is 1. The number of hydrogen-bond acceptors (Lipinski definition) is 4. The number of benzene rings is 2. The molecule has 7 heteroatoms. The van der Waals surface area contributed by atoms with Crippen molar-refractivity contribution >= 4 is 40.5 Å². The summed E-state index contributed by atoms with van der Waals surface area (Å²) >= 11 is 12.1. The zero-order valence-electron chi connectivity index (χ0n) is 15.3. The first-order valence-electron chi connectivity index (χ1n) is 9.01. The standard InChI is InChI=1S/C20H23Cl2N3O2/c1-2-27-19-6-4-3-5-18(19)25-11-9-24(10-12-25)14-20(26)23-17-13-15(21)7-8-16(17)22/h3-8,13H,2,9-12,14H2,1H3,(H,23,26). The quantitative estimate of drug-likeness (QED) is 0.780. The molecule has 1 fully saturated rings. The molecule has 0 unspecified atom stereocenters. The Balaban J connectivity index is 1.54. The van der Waals surface area contributed by atoms with E-state index in [2.05, 4.69) is 21.2 Å². The first kappa shape index (κ1) is 19.8. The summed E-state index contributed by atoms with van der Waals surface area (Å²) in [6.07, 6.45) is 0. The average molecular weight is 408 g/mol. The lowest BCUT2D eigenvalue weighted by Crippen LogP contribution is -2.48. The number of amides is 1. The average Bonchev–Trinajstić information content (AvgIpc) is 2.66. The fraction of sp³-hybridized carbons (Fsp3) is 0.350. The van der Waals surface area contributed by atoms with Gasteiger partial charge in [-0.3, -0.25) is 9.69 Å². The molecule has 0 atom stereocenters. The molecule has 27 heavy (non-hydrogen) atoms. The zero-order valence-corrected chi connectivity index (χ0v) is 16.8. The molecule has 0 radical (unpaired) electrons. The smallest absolute Gasteiger partial charge is 0.238 e. The third kappa shape index (κ3) is 5.28. The van der Waals surface area contributed by atoms with Gasteiger partial charge < -0.3 is 15.0 Å². The predicted molar refractivity (Wildman–Crippen MR) is 111 cm³/mol. The second kappa shape index (κ2) is 9.31. The Morgan fingerprint density at radius 2 is 1.85 bits per heavy atom. The van der Waals surface area contributed by atoms with Crippen molar-refractivity contribution in [1.82, 2.24) is 4.90 Å². The Bertz CT molecular complexity index is 793. The molecule has 144 valence electrons. The summed E-state index contributed by atoms with van der Waals surface area (Å²) in [7, 11) is 0. The Morgan fingerprint density at radius 3 is 2.59 bits per heavy atom. The fourth-order valence-corrected chi connectivity index (χ4v) is 3.47. The molecular formula is C20H23Cl2N3O2. The minimum absolute atomic E-state index is 0.0951. The summed E-state index contributed by atoms with van der Waals surface area (Å²) in [5, 5.41) is 3.85. The van der Waals surface area contributed by atoms with Crippen molar-refractivity contribution in [3.63, 3.8) is 0 Å². The van der Waals surface area contributed by atoms with Crippen LogP contribution in [0.25, 0.3) is 0 Å². The van der Waals surface area contributed by atoms with Crippen LogP contribution >= 0.6 is 23.2 Å². The van der Waals surface area contributed by atoms with Crippen LogP contribution in [0.3, 0.4) is 0 Å². The van der Waals surface area contributed by atoms with E-state index in [0.29, 0.717) is 28.9 Å². The molecule has 3 rings (SSSR count). The molecule has 0 bridgehead atoms. The van der Waals surface area contributed by atoms with Crippen LogP contribution in [0.2, 0.25) is 10.0 Å². The predicted octanol–water partition coefficient (Wildman–Crippen LogP) is 4.15. The van der Waals surface area contributed by atoms with Crippen molar-refractivity contribution in [2.75, 3.05) is 49.5 Å². The SMILES string of the molecule is CCOc1ccccc1N1CCN(CC(=O)Nc2cc(Cl)ccc2Cl)CC1. The first-order valence-corrected chi connectivity index (χ1v) is 9.76. The van der Waals surface area contributed by atoms with Crippen LogP contribution in [0, 0.1) is 0 Å². The molecule has 0 aliphatic carbocycles. The van der Waals surface area contributed by atoms with Gasteiger partial charge in [0.1, 0.15) is 5.75 Å². The molecule has 0 spiro atoms. The van der Waals surface area contributed by atoms with Crippen LogP contribution in [-0.2, 0) is 4.79 Å². The first-order chi connectivity index (χ1) is 13.1. The van der Waals surface area contributed by atoms with Gasteiger partial charge in [-0.1, -0.05) is 35.3 Å². The second-order valence-corrected chi connectivity index (χ2v) is 7.18. The van der Waals surface area contributed by atoms with Gasteiger partial charge in [-0.2, -0.15) is 0 Å². The normalized spacial score (nSPS) is 14.9. The highest BCUT2D eigenvalue weighted by Crippen LogP contribution is 2.29. The summed E-state index contributed by atoms with van der Waals surface area (Å²) in [5.74, 6) is 0.809. The number of para-hydroxylation sites is 2. The monoisotopic (exact) mass is 407 g/mol. The lowest BCUT2D eigenvalue weighted by atomic mass is 10.2. The fourth-order valence-electron chi connectivity index (χ4n) is 3.13. The number of halogens is 2. The van der Waals surface area contributed by atoms with Gasteiger partial charge >= 0.3 is 0 Å². The summed E-state index contributed by atoms with van der Waals surface area (Å²) in [6.45, 7) is 6.24.